The van der Waals surface area contributed by atoms with Gasteiger partial charge in [0.1, 0.15) is 12.4 Å². The number of hydrogen-bond donors (Lipinski definition) is 1. The molecule has 3 nitrogen and oxygen atoms in total. The van der Waals surface area contributed by atoms with E-state index in [9.17, 15) is 9.18 Å². The van der Waals surface area contributed by atoms with Gasteiger partial charge in [-0.1, -0.05) is 5.92 Å². The van der Waals surface area contributed by atoms with Gasteiger partial charge in [0, 0.05) is 5.56 Å². The van der Waals surface area contributed by atoms with Crippen molar-refractivity contribution in [3.63, 3.8) is 0 Å². The molecule has 4 heteroatoms. The van der Waals surface area contributed by atoms with Crippen LogP contribution in [0, 0.1) is 25.1 Å². The van der Waals surface area contributed by atoms with Crippen LogP contribution in [-0.4, -0.2) is 12.5 Å². The monoisotopic (exact) mass is 207 g/mol. The zero-order chi connectivity index (χ0) is 11.3. The first-order chi connectivity index (χ1) is 7.15. The molecule has 0 aliphatic rings. The molecule has 0 aromatic heterocycles. The van der Waals surface area contributed by atoms with Crippen molar-refractivity contribution in [3.8, 4) is 12.3 Å². The minimum Gasteiger partial charge on any atom is -0.267 e. The Hall–Kier alpha value is -1.86. The second-order valence-electron chi connectivity index (χ2n) is 2.88. The molecule has 0 aliphatic heterocycles. The molecular formula is C11H10FNO2. The topological polar surface area (TPSA) is 38.3 Å². The average Bonchev–Trinajstić information content (AvgIpc) is 2.17. The van der Waals surface area contributed by atoms with Gasteiger partial charge in [-0.2, -0.15) is 0 Å². The molecule has 0 saturated heterocycles. The second kappa shape index (κ2) is 5.13. The summed E-state index contributed by atoms with van der Waals surface area (Å²) >= 11 is 0. The number of hydrogen-bond acceptors (Lipinski definition) is 2. The maximum absolute atomic E-state index is 12.7. The van der Waals surface area contributed by atoms with Crippen molar-refractivity contribution in [2.75, 3.05) is 6.61 Å². The molecule has 15 heavy (non-hydrogen) atoms. The Morgan fingerprint density at radius 2 is 2.40 bits per heavy atom. The lowest BCUT2D eigenvalue weighted by Crippen LogP contribution is -2.24. The van der Waals surface area contributed by atoms with Gasteiger partial charge >= 0.3 is 0 Å². The van der Waals surface area contributed by atoms with Gasteiger partial charge in [0.2, 0.25) is 0 Å². The van der Waals surface area contributed by atoms with E-state index in [1.807, 2.05) is 0 Å². The van der Waals surface area contributed by atoms with Crippen LogP contribution in [0.1, 0.15) is 15.9 Å². The smallest absolute Gasteiger partial charge is 0.267 e. The summed E-state index contributed by atoms with van der Waals surface area (Å²) in [4.78, 5) is 16.1. The molecule has 1 aromatic carbocycles. The largest absolute Gasteiger partial charge is 0.275 e. The SMILES string of the molecule is C#CCONC(=O)c1ccc(F)cc1C. The van der Waals surface area contributed by atoms with Crippen LogP contribution in [0.5, 0.6) is 0 Å². The third kappa shape index (κ3) is 3.08. The van der Waals surface area contributed by atoms with Crippen LogP contribution in [-0.2, 0) is 4.84 Å². The summed E-state index contributed by atoms with van der Waals surface area (Å²) in [5.41, 5.74) is 3.05. The predicted octanol–water partition coefficient (Wildman–Crippen LogP) is 1.43. The molecular weight excluding hydrogens is 197 g/mol. The molecule has 0 atom stereocenters. The fraction of sp³-hybridized carbons (Fsp3) is 0.182. The van der Waals surface area contributed by atoms with Gasteiger partial charge in [-0.25, -0.2) is 9.87 Å². The van der Waals surface area contributed by atoms with Crippen molar-refractivity contribution in [2.45, 2.75) is 6.92 Å². The number of rotatable bonds is 3. The second-order valence-corrected chi connectivity index (χ2v) is 2.88. The minimum absolute atomic E-state index is 0.00795. The number of nitrogens with one attached hydrogen (secondary N) is 1. The summed E-state index contributed by atoms with van der Waals surface area (Å²) in [6, 6.07) is 3.87. The first kappa shape index (κ1) is 11.2. The van der Waals surface area contributed by atoms with Crippen molar-refractivity contribution >= 4 is 5.91 Å². The number of carbonyl (C=O) groups is 1. The Kier molecular flexibility index (Phi) is 3.83. The number of carbonyl (C=O) groups excluding carboxylic acids is 1. The summed E-state index contributed by atoms with van der Waals surface area (Å²) in [5.74, 6) is 1.38. The highest BCUT2D eigenvalue weighted by Crippen LogP contribution is 2.09. The lowest BCUT2D eigenvalue weighted by Gasteiger charge is -2.05. The molecule has 1 N–H and O–H groups in total. The Balaban J connectivity index is 2.70. The van der Waals surface area contributed by atoms with Crippen LogP contribution in [0.25, 0.3) is 0 Å². The molecule has 0 saturated carbocycles. The first-order valence-electron chi connectivity index (χ1n) is 4.27. The van der Waals surface area contributed by atoms with Gasteiger partial charge in [-0.05, 0) is 30.7 Å². The first-order valence-corrected chi connectivity index (χ1v) is 4.27. The highest BCUT2D eigenvalue weighted by Gasteiger charge is 2.08. The summed E-state index contributed by atoms with van der Waals surface area (Å²) in [5, 5.41) is 0. The van der Waals surface area contributed by atoms with E-state index in [0.29, 0.717) is 11.1 Å². The van der Waals surface area contributed by atoms with E-state index in [4.69, 9.17) is 6.42 Å². The van der Waals surface area contributed by atoms with E-state index >= 15 is 0 Å². The molecule has 0 bridgehead atoms. The van der Waals surface area contributed by atoms with E-state index in [2.05, 4.69) is 16.2 Å². The predicted molar refractivity (Wildman–Crippen MR) is 53.4 cm³/mol. The molecule has 0 fully saturated rings. The van der Waals surface area contributed by atoms with Crippen LogP contribution in [0.3, 0.4) is 0 Å². The van der Waals surface area contributed by atoms with Gasteiger partial charge in [0.25, 0.3) is 5.91 Å². The Labute approximate surface area is 87.2 Å². The fourth-order valence-electron chi connectivity index (χ4n) is 1.08. The third-order valence-electron chi connectivity index (χ3n) is 1.75. The summed E-state index contributed by atoms with van der Waals surface area (Å²) in [7, 11) is 0. The standard InChI is InChI=1S/C11H10FNO2/c1-3-6-15-13-11(14)10-5-4-9(12)7-8(10)2/h1,4-5,7H,6H2,2H3,(H,13,14). The highest BCUT2D eigenvalue weighted by molar-refractivity contribution is 5.94. The third-order valence-corrected chi connectivity index (χ3v) is 1.75. The molecule has 0 spiro atoms. The summed E-state index contributed by atoms with van der Waals surface area (Å²) in [6.07, 6.45) is 4.93. The number of terminal acetylenes is 1. The zero-order valence-corrected chi connectivity index (χ0v) is 8.21. The van der Waals surface area contributed by atoms with Crippen LogP contribution < -0.4 is 5.48 Å². The quantitative estimate of drug-likeness (QED) is 0.462. The van der Waals surface area contributed by atoms with Gasteiger partial charge in [-0.3, -0.25) is 9.63 Å². The van der Waals surface area contributed by atoms with Crippen molar-refractivity contribution in [3.05, 3.63) is 35.1 Å². The number of aryl methyl sites for hydroxylation is 1. The maximum Gasteiger partial charge on any atom is 0.275 e. The lowest BCUT2D eigenvalue weighted by atomic mass is 10.1. The molecule has 1 amide bonds. The van der Waals surface area contributed by atoms with E-state index in [0.717, 1.165) is 0 Å². The lowest BCUT2D eigenvalue weighted by molar-refractivity contribution is 0.0437. The number of benzene rings is 1. The van der Waals surface area contributed by atoms with Gasteiger partial charge < -0.3 is 0 Å². The van der Waals surface area contributed by atoms with Crippen LogP contribution >= 0.6 is 0 Å². The zero-order valence-electron chi connectivity index (χ0n) is 8.21. The van der Waals surface area contributed by atoms with Crippen LogP contribution in [0.4, 0.5) is 4.39 Å². The van der Waals surface area contributed by atoms with Crippen LogP contribution in [0.2, 0.25) is 0 Å². The Bertz CT molecular complexity index is 410. The maximum atomic E-state index is 12.7. The molecule has 1 rings (SSSR count). The fourth-order valence-corrected chi connectivity index (χ4v) is 1.08. The van der Waals surface area contributed by atoms with E-state index in [-0.39, 0.29) is 12.4 Å². The van der Waals surface area contributed by atoms with E-state index < -0.39 is 5.91 Å². The van der Waals surface area contributed by atoms with Crippen LogP contribution in [0.15, 0.2) is 18.2 Å². The highest BCUT2D eigenvalue weighted by atomic mass is 19.1. The summed E-state index contributed by atoms with van der Waals surface area (Å²) < 4.78 is 12.7. The normalized spacial score (nSPS) is 9.40. The van der Waals surface area contributed by atoms with E-state index in [1.54, 1.807) is 6.92 Å². The average molecular weight is 207 g/mol. The summed E-state index contributed by atoms with van der Waals surface area (Å²) in [6.45, 7) is 1.63. The molecule has 0 radical (unpaired) electrons. The van der Waals surface area contributed by atoms with Gasteiger partial charge in [0.05, 0.1) is 0 Å². The van der Waals surface area contributed by atoms with Gasteiger partial charge in [0.15, 0.2) is 0 Å². The van der Waals surface area contributed by atoms with Crippen molar-refractivity contribution in [2.24, 2.45) is 0 Å². The van der Waals surface area contributed by atoms with Crippen molar-refractivity contribution in [1.29, 1.82) is 0 Å². The molecule has 78 valence electrons. The Morgan fingerprint density at radius 1 is 1.67 bits per heavy atom. The van der Waals surface area contributed by atoms with Gasteiger partial charge in [-0.15, -0.1) is 6.42 Å². The molecule has 0 unspecified atom stereocenters. The Morgan fingerprint density at radius 3 is 3.00 bits per heavy atom. The number of amides is 1. The van der Waals surface area contributed by atoms with Crippen molar-refractivity contribution in [1.82, 2.24) is 5.48 Å². The molecule has 0 heterocycles. The molecule has 1 aromatic rings. The minimum atomic E-state index is -0.442. The van der Waals surface area contributed by atoms with Crippen molar-refractivity contribution < 1.29 is 14.0 Å². The molecule has 0 aliphatic carbocycles. The van der Waals surface area contributed by atoms with E-state index in [1.165, 1.54) is 18.2 Å². The number of halogens is 1. The number of hydroxylamine groups is 1.